The van der Waals surface area contributed by atoms with Gasteiger partial charge in [0.2, 0.25) is 21.8 Å². The summed E-state index contributed by atoms with van der Waals surface area (Å²) < 4.78 is 26.8. The van der Waals surface area contributed by atoms with Gasteiger partial charge in [-0.05, 0) is 67.8 Å². The third kappa shape index (κ3) is 4.88. The van der Waals surface area contributed by atoms with Crippen LogP contribution < -0.4 is 14.9 Å². The van der Waals surface area contributed by atoms with Crippen LogP contribution in [0.5, 0.6) is 0 Å². The molecule has 0 aliphatic carbocycles. The molecule has 2 aromatic carbocycles. The number of nitrogens with one attached hydrogen (secondary N) is 2. The van der Waals surface area contributed by atoms with Gasteiger partial charge in [0.15, 0.2) is 0 Å². The van der Waals surface area contributed by atoms with Crippen LogP contribution in [0.1, 0.15) is 30.9 Å². The number of rotatable bonds is 7. The van der Waals surface area contributed by atoms with Crippen LogP contribution in [0.2, 0.25) is 0 Å². The Labute approximate surface area is 177 Å². The lowest BCUT2D eigenvalue weighted by Crippen LogP contribution is -2.28. The zero-order valence-electron chi connectivity index (χ0n) is 17.4. The van der Waals surface area contributed by atoms with Gasteiger partial charge in [0.05, 0.1) is 10.8 Å². The second kappa shape index (κ2) is 8.97. The highest BCUT2D eigenvalue weighted by molar-refractivity contribution is 7.89. The van der Waals surface area contributed by atoms with Gasteiger partial charge in [-0.25, -0.2) is 13.1 Å². The molecule has 1 atom stereocenters. The average Bonchev–Trinajstić information content (AvgIpc) is 3.11. The number of carbonyl (C=O) groups excluding carboxylic acids is 2. The van der Waals surface area contributed by atoms with E-state index in [9.17, 15) is 18.0 Å². The van der Waals surface area contributed by atoms with Gasteiger partial charge >= 0.3 is 0 Å². The van der Waals surface area contributed by atoms with Crippen molar-refractivity contribution in [2.45, 2.75) is 38.5 Å². The van der Waals surface area contributed by atoms with Crippen molar-refractivity contribution in [2.24, 2.45) is 5.92 Å². The molecule has 1 saturated heterocycles. The summed E-state index contributed by atoms with van der Waals surface area (Å²) in [5.41, 5.74) is 3.53. The standard InChI is InChI=1S/C22H27N3O4S/c1-4-11-23-30(28,29)20-9-6-18(7-10-20)24-22(27)17-13-21(26)25(14-17)19-8-5-15(2)16(3)12-19/h5-10,12,17,23H,4,11,13-14H2,1-3H3,(H,24,27)/t17-/m1/s1. The van der Waals surface area contributed by atoms with Crippen LogP contribution in [-0.2, 0) is 19.6 Å². The molecule has 0 spiro atoms. The number of anilines is 2. The van der Waals surface area contributed by atoms with E-state index in [0.29, 0.717) is 25.2 Å². The highest BCUT2D eigenvalue weighted by Crippen LogP contribution is 2.27. The molecule has 1 aliphatic rings. The lowest BCUT2D eigenvalue weighted by atomic mass is 10.1. The van der Waals surface area contributed by atoms with Gasteiger partial charge in [0.1, 0.15) is 0 Å². The number of benzene rings is 2. The zero-order valence-corrected chi connectivity index (χ0v) is 18.3. The number of amides is 2. The van der Waals surface area contributed by atoms with Crippen molar-refractivity contribution in [3.63, 3.8) is 0 Å². The first-order chi connectivity index (χ1) is 14.2. The first kappa shape index (κ1) is 22.0. The van der Waals surface area contributed by atoms with Crippen molar-refractivity contribution in [3.8, 4) is 0 Å². The Morgan fingerprint density at radius 3 is 2.43 bits per heavy atom. The molecular formula is C22H27N3O4S. The van der Waals surface area contributed by atoms with Crippen LogP contribution in [0.4, 0.5) is 11.4 Å². The second-order valence-corrected chi connectivity index (χ2v) is 9.35. The van der Waals surface area contributed by atoms with Crippen molar-refractivity contribution >= 4 is 33.2 Å². The maximum atomic E-state index is 12.7. The van der Waals surface area contributed by atoms with E-state index < -0.39 is 15.9 Å². The molecule has 7 nitrogen and oxygen atoms in total. The molecule has 2 N–H and O–H groups in total. The van der Waals surface area contributed by atoms with Gasteiger partial charge in [-0.15, -0.1) is 0 Å². The number of nitrogens with zero attached hydrogens (tertiary/aromatic N) is 1. The largest absolute Gasteiger partial charge is 0.326 e. The molecule has 160 valence electrons. The van der Waals surface area contributed by atoms with Gasteiger partial charge in [-0.1, -0.05) is 13.0 Å². The van der Waals surface area contributed by atoms with Crippen molar-refractivity contribution in [1.29, 1.82) is 0 Å². The molecule has 0 aromatic heterocycles. The predicted molar refractivity (Wildman–Crippen MR) is 117 cm³/mol. The first-order valence-electron chi connectivity index (χ1n) is 9.99. The molecule has 0 radical (unpaired) electrons. The van der Waals surface area contributed by atoms with E-state index >= 15 is 0 Å². The Morgan fingerprint density at radius 2 is 1.80 bits per heavy atom. The van der Waals surface area contributed by atoms with Crippen molar-refractivity contribution in [1.82, 2.24) is 4.72 Å². The zero-order chi connectivity index (χ0) is 21.9. The molecule has 0 unspecified atom stereocenters. The SMILES string of the molecule is CCCNS(=O)(=O)c1ccc(NC(=O)[C@@H]2CC(=O)N(c3ccc(C)c(C)c3)C2)cc1. The third-order valence-electron chi connectivity index (χ3n) is 5.27. The summed E-state index contributed by atoms with van der Waals surface area (Å²) >= 11 is 0. The Bertz CT molecular complexity index is 1050. The van der Waals surface area contributed by atoms with E-state index in [1.807, 2.05) is 39.0 Å². The minimum absolute atomic E-state index is 0.0816. The van der Waals surface area contributed by atoms with Crippen LogP contribution in [0.25, 0.3) is 0 Å². The molecule has 0 bridgehead atoms. The molecule has 1 heterocycles. The second-order valence-electron chi connectivity index (χ2n) is 7.59. The van der Waals surface area contributed by atoms with E-state index in [1.54, 1.807) is 17.0 Å². The number of aryl methyl sites for hydroxylation is 2. The maximum absolute atomic E-state index is 12.7. The van der Waals surface area contributed by atoms with Crippen LogP contribution >= 0.6 is 0 Å². The lowest BCUT2D eigenvalue weighted by molar-refractivity contribution is -0.122. The van der Waals surface area contributed by atoms with Crippen LogP contribution in [0.15, 0.2) is 47.4 Å². The summed E-state index contributed by atoms with van der Waals surface area (Å²) in [6, 6.07) is 11.8. The quantitative estimate of drug-likeness (QED) is 0.707. The molecule has 1 aliphatic heterocycles. The van der Waals surface area contributed by atoms with Crippen LogP contribution in [0, 0.1) is 19.8 Å². The fraction of sp³-hybridized carbons (Fsp3) is 0.364. The highest BCUT2D eigenvalue weighted by atomic mass is 32.2. The van der Waals surface area contributed by atoms with Gasteiger partial charge in [0.25, 0.3) is 0 Å². The summed E-state index contributed by atoms with van der Waals surface area (Å²) in [6.07, 6.45) is 0.846. The molecule has 30 heavy (non-hydrogen) atoms. The minimum Gasteiger partial charge on any atom is -0.326 e. The Hall–Kier alpha value is -2.71. The van der Waals surface area contributed by atoms with Gasteiger partial charge in [-0.2, -0.15) is 0 Å². The summed E-state index contributed by atoms with van der Waals surface area (Å²) in [4.78, 5) is 26.9. The summed E-state index contributed by atoms with van der Waals surface area (Å²) in [5, 5.41) is 2.79. The van der Waals surface area contributed by atoms with Crippen LogP contribution in [-0.4, -0.2) is 33.3 Å². The lowest BCUT2D eigenvalue weighted by Gasteiger charge is -2.18. The number of hydrogen-bond acceptors (Lipinski definition) is 4. The minimum atomic E-state index is -3.55. The first-order valence-corrected chi connectivity index (χ1v) is 11.5. The maximum Gasteiger partial charge on any atom is 0.240 e. The van der Waals surface area contributed by atoms with E-state index in [1.165, 1.54) is 12.1 Å². The van der Waals surface area contributed by atoms with Crippen molar-refractivity contribution < 1.29 is 18.0 Å². The fourth-order valence-corrected chi connectivity index (χ4v) is 4.44. The molecule has 8 heteroatoms. The highest BCUT2D eigenvalue weighted by Gasteiger charge is 2.35. The van der Waals surface area contributed by atoms with E-state index in [-0.39, 0.29) is 23.1 Å². The molecule has 1 fully saturated rings. The van der Waals surface area contributed by atoms with E-state index in [0.717, 1.165) is 16.8 Å². The fourth-order valence-electron chi connectivity index (χ4n) is 3.31. The number of hydrogen-bond donors (Lipinski definition) is 2. The smallest absolute Gasteiger partial charge is 0.240 e. The summed E-state index contributed by atoms with van der Waals surface area (Å²) in [7, 11) is -3.55. The normalized spacial score (nSPS) is 16.7. The van der Waals surface area contributed by atoms with Gasteiger partial charge < -0.3 is 10.2 Å². The summed E-state index contributed by atoms with van der Waals surface area (Å²) in [5.74, 6) is -0.801. The molecule has 2 aromatic rings. The van der Waals surface area contributed by atoms with Gasteiger partial charge in [0, 0.05) is 30.9 Å². The van der Waals surface area contributed by atoms with Crippen molar-refractivity contribution in [2.75, 3.05) is 23.3 Å². The van der Waals surface area contributed by atoms with Crippen molar-refractivity contribution in [3.05, 3.63) is 53.6 Å². The Kier molecular flexibility index (Phi) is 6.58. The Morgan fingerprint density at radius 1 is 1.10 bits per heavy atom. The van der Waals surface area contributed by atoms with Crippen LogP contribution in [0.3, 0.4) is 0 Å². The Balaban J connectivity index is 1.65. The third-order valence-corrected chi connectivity index (χ3v) is 6.75. The molecule has 0 saturated carbocycles. The number of carbonyl (C=O) groups is 2. The monoisotopic (exact) mass is 429 g/mol. The van der Waals surface area contributed by atoms with Gasteiger partial charge in [-0.3, -0.25) is 9.59 Å². The number of sulfonamides is 1. The molecule has 3 rings (SSSR count). The topological polar surface area (TPSA) is 95.6 Å². The average molecular weight is 430 g/mol. The molecular weight excluding hydrogens is 402 g/mol. The summed E-state index contributed by atoms with van der Waals surface area (Å²) in [6.45, 7) is 6.58. The van der Waals surface area contributed by atoms with E-state index in [2.05, 4.69) is 10.0 Å². The van der Waals surface area contributed by atoms with E-state index in [4.69, 9.17) is 0 Å². The predicted octanol–water partition coefficient (Wildman–Crippen LogP) is 2.98. The molecule has 2 amide bonds.